The fourth-order valence-electron chi connectivity index (χ4n) is 3.31. The van der Waals surface area contributed by atoms with Crippen LogP contribution < -0.4 is 5.73 Å². The predicted molar refractivity (Wildman–Crippen MR) is 73.2 cm³/mol. The van der Waals surface area contributed by atoms with E-state index in [4.69, 9.17) is 15.6 Å². The number of amides is 1. The Bertz CT molecular complexity index is 404. The average molecular weight is 284 g/mol. The maximum absolute atomic E-state index is 12.1. The molecule has 6 heteroatoms. The first kappa shape index (κ1) is 15.1. The number of ether oxygens (including phenoxy) is 1. The molecule has 1 saturated carbocycles. The molecule has 3 aliphatic rings. The third-order valence-electron chi connectivity index (χ3n) is 4.18. The highest BCUT2D eigenvalue weighted by atomic mass is 16.6. The molecule has 0 radical (unpaired) electrons. The van der Waals surface area contributed by atoms with Crippen LogP contribution in [0.25, 0.3) is 0 Å². The molecule has 0 aromatic rings. The number of fused-ring (bicyclic) bond motifs is 1. The molecule has 6 nitrogen and oxygen atoms in total. The Labute approximate surface area is 119 Å². The second kappa shape index (κ2) is 5.24. The normalized spacial score (nSPS) is 29.8. The van der Waals surface area contributed by atoms with Gasteiger partial charge >= 0.3 is 12.1 Å². The largest absolute Gasteiger partial charge is 0.481 e. The van der Waals surface area contributed by atoms with Crippen LogP contribution in [0.1, 0.15) is 40.0 Å². The van der Waals surface area contributed by atoms with Crippen molar-refractivity contribution in [3.8, 4) is 0 Å². The third kappa shape index (κ3) is 3.06. The van der Waals surface area contributed by atoms with Gasteiger partial charge in [0.1, 0.15) is 5.60 Å². The number of carboxylic acid groups (broad SMARTS) is 1. The van der Waals surface area contributed by atoms with Gasteiger partial charge in [0, 0.05) is 25.0 Å². The van der Waals surface area contributed by atoms with E-state index in [1.165, 1.54) is 0 Å². The van der Waals surface area contributed by atoms with Crippen LogP contribution in [-0.4, -0.2) is 46.3 Å². The topological polar surface area (TPSA) is 92.9 Å². The van der Waals surface area contributed by atoms with Crippen LogP contribution in [0.5, 0.6) is 0 Å². The smallest absolute Gasteiger partial charge is 0.410 e. The van der Waals surface area contributed by atoms with E-state index >= 15 is 0 Å². The Morgan fingerprint density at radius 1 is 1.45 bits per heavy atom. The zero-order valence-corrected chi connectivity index (χ0v) is 12.3. The van der Waals surface area contributed by atoms with E-state index in [1.807, 2.05) is 20.8 Å². The zero-order chi connectivity index (χ0) is 15.1. The molecule has 114 valence electrons. The molecule has 2 unspecified atom stereocenters. The summed E-state index contributed by atoms with van der Waals surface area (Å²) in [5, 5.41) is 8.71. The lowest BCUT2D eigenvalue weighted by molar-refractivity contribution is -0.137. The molecule has 3 rings (SSSR count). The average Bonchev–Trinajstić information content (AvgIpc) is 2.82. The molecule has 2 saturated heterocycles. The van der Waals surface area contributed by atoms with Crippen molar-refractivity contribution >= 4 is 12.1 Å². The summed E-state index contributed by atoms with van der Waals surface area (Å²) in [6, 6.07) is -0.0269. The van der Waals surface area contributed by atoms with Crippen LogP contribution in [0.2, 0.25) is 0 Å². The molecule has 0 aromatic carbocycles. The Balaban J connectivity index is 1.89. The summed E-state index contributed by atoms with van der Waals surface area (Å²) >= 11 is 0. The number of rotatable bonds is 4. The SMILES string of the molecule is CC(C)(C)OC(=O)N1C[C@@H]2C[C@H]1C2C(N)CCC(=O)O. The van der Waals surface area contributed by atoms with E-state index in [1.54, 1.807) is 4.90 Å². The zero-order valence-electron chi connectivity index (χ0n) is 12.3. The van der Waals surface area contributed by atoms with Gasteiger partial charge in [-0.05, 0) is 45.4 Å². The lowest BCUT2D eigenvalue weighted by Crippen LogP contribution is -2.50. The molecule has 2 aliphatic heterocycles. The predicted octanol–water partition coefficient (Wildman–Crippen LogP) is 1.43. The van der Waals surface area contributed by atoms with E-state index in [0.29, 0.717) is 18.9 Å². The number of aliphatic carboxylic acids is 1. The Morgan fingerprint density at radius 2 is 2.10 bits per heavy atom. The van der Waals surface area contributed by atoms with Crippen molar-refractivity contribution in [1.82, 2.24) is 4.90 Å². The van der Waals surface area contributed by atoms with Gasteiger partial charge in [-0.1, -0.05) is 0 Å². The molecule has 2 heterocycles. The first-order chi connectivity index (χ1) is 9.19. The number of carboxylic acids is 1. The molecule has 1 amide bonds. The summed E-state index contributed by atoms with van der Waals surface area (Å²) in [6.07, 6.45) is 1.24. The minimum atomic E-state index is -0.823. The van der Waals surface area contributed by atoms with E-state index in [-0.39, 0.29) is 30.5 Å². The van der Waals surface area contributed by atoms with E-state index in [2.05, 4.69) is 0 Å². The fourth-order valence-corrected chi connectivity index (χ4v) is 3.31. The maximum atomic E-state index is 12.1. The van der Waals surface area contributed by atoms with Crippen molar-refractivity contribution in [2.45, 2.75) is 57.7 Å². The molecule has 2 bridgehead atoms. The summed E-state index contributed by atoms with van der Waals surface area (Å²) in [7, 11) is 0. The van der Waals surface area contributed by atoms with Crippen molar-refractivity contribution in [1.29, 1.82) is 0 Å². The number of hydrogen-bond donors (Lipinski definition) is 2. The number of carbonyl (C=O) groups excluding carboxylic acids is 1. The van der Waals surface area contributed by atoms with Gasteiger partial charge in [0.05, 0.1) is 0 Å². The molecule has 4 atom stereocenters. The summed E-state index contributed by atoms with van der Waals surface area (Å²) in [5.74, 6) is -0.200. The number of nitrogens with two attached hydrogens (primary N) is 1. The summed E-state index contributed by atoms with van der Waals surface area (Å²) in [6.45, 7) is 6.23. The minimum Gasteiger partial charge on any atom is -0.481 e. The summed E-state index contributed by atoms with van der Waals surface area (Å²) in [4.78, 5) is 24.5. The standard InChI is InChI=1S/C14H24N2O4/c1-14(2,3)20-13(19)16-7-8-6-10(16)12(8)9(15)4-5-11(17)18/h8-10,12H,4-7,15H2,1-3H3,(H,17,18)/t8-,9?,10-,12?/m0/s1. The van der Waals surface area contributed by atoms with E-state index in [0.717, 1.165) is 6.42 Å². The second-order valence-corrected chi connectivity index (χ2v) is 6.87. The fraction of sp³-hybridized carbons (Fsp3) is 0.857. The molecule has 0 spiro atoms. The monoisotopic (exact) mass is 284 g/mol. The lowest BCUT2D eigenvalue weighted by atomic mass is 9.69. The highest BCUT2D eigenvalue weighted by Gasteiger charge is 2.56. The highest BCUT2D eigenvalue weighted by Crippen LogP contribution is 2.48. The van der Waals surface area contributed by atoms with Gasteiger partial charge in [-0.15, -0.1) is 0 Å². The summed E-state index contributed by atoms with van der Waals surface area (Å²) < 4.78 is 5.40. The Kier molecular flexibility index (Phi) is 3.95. The van der Waals surface area contributed by atoms with Crippen molar-refractivity contribution in [2.24, 2.45) is 17.6 Å². The van der Waals surface area contributed by atoms with Crippen LogP contribution in [0, 0.1) is 11.8 Å². The molecular weight excluding hydrogens is 260 g/mol. The molecule has 3 N–H and O–H groups in total. The quantitative estimate of drug-likeness (QED) is 0.814. The van der Waals surface area contributed by atoms with Gasteiger partial charge in [-0.2, -0.15) is 0 Å². The lowest BCUT2D eigenvalue weighted by Gasteiger charge is -2.40. The first-order valence-corrected chi connectivity index (χ1v) is 7.16. The van der Waals surface area contributed by atoms with Gasteiger partial charge in [-0.3, -0.25) is 4.79 Å². The van der Waals surface area contributed by atoms with Crippen LogP contribution in [0.15, 0.2) is 0 Å². The van der Waals surface area contributed by atoms with Crippen molar-refractivity contribution < 1.29 is 19.4 Å². The molecule has 20 heavy (non-hydrogen) atoms. The van der Waals surface area contributed by atoms with Crippen LogP contribution in [0.4, 0.5) is 4.79 Å². The van der Waals surface area contributed by atoms with Gasteiger partial charge in [-0.25, -0.2) is 4.79 Å². The number of carbonyl (C=O) groups is 2. The van der Waals surface area contributed by atoms with Crippen LogP contribution in [-0.2, 0) is 9.53 Å². The van der Waals surface area contributed by atoms with Crippen molar-refractivity contribution in [3.63, 3.8) is 0 Å². The van der Waals surface area contributed by atoms with Gasteiger partial charge < -0.3 is 20.5 Å². The Hall–Kier alpha value is -1.30. The number of nitrogens with zero attached hydrogens (tertiary/aromatic N) is 1. The highest BCUT2D eigenvalue weighted by molar-refractivity contribution is 5.70. The molecule has 3 fully saturated rings. The minimum absolute atomic E-state index is 0.0868. The van der Waals surface area contributed by atoms with Crippen LogP contribution >= 0.6 is 0 Å². The second-order valence-electron chi connectivity index (χ2n) is 6.87. The maximum Gasteiger partial charge on any atom is 0.410 e. The van der Waals surface area contributed by atoms with Crippen LogP contribution in [0.3, 0.4) is 0 Å². The Morgan fingerprint density at radius 3 is 2.65 bits per heavy atom. The molecule has 0 aromatic heterocycles. The summed E-state index contributed by atoms with van der Waals surface area (Å²) in [5.41, 5.74) is 5.60. The van der Waals surface area contributed by atoms with Gasteiger partial charge in [0.15, 0.2) is 0 Å². The van der Waals surface area contributed by atoms with Crippen molar-refractivity contribution in [2.75, 3.05) is 6.54 Å². The van der Waals surface area contributed by atoms with E-state index in [9.17, 15) is 9.59 Å². The van der Waals surface area contributed by atoms with Gasteiger partial charge in [0.2, 0.25) is 0 Å². The number of hydrogen-bond acceptors (Lipinski definition) is 4. The molecule has 1 aliphatic carbocycles. The van der Waals surface area contributed by atoms with E-state index < -0.39 is 11.6 Å². The van der Waals surface area contributed by atoms with Crippen molar-refractivity contribution in [3.05, 3.63) is 0 Å². The van der Waals surface area contributed by atoms with Gasteiger partial charge in [0.25, 0.3) is 0 Å². The third-order valence-corrected chi connectivity index (χ3v) is 4.18. The first-order valence-electron chi connectivity index (χ1n) is 7.16. The molecular formula is C14H24N2O4.